The molecule has 0 saturated carbocycles. The number of rotatable bonds is 1. The van der Waals surface area contributed by atoms with E-state index in [2.05, 4.69) is 21.2 Å². The average Bonchev–Trinajstić information content (AvgIpc) is 1.94. The molecule has 0 saturated heterocycles. The lowest BCUT2D eigenvalue weighted by atomic mass is 10.3. The third-order valence-electron chi connectivity index (χ3n) is 1.20. The molecule has 0 fully saturated rings. The highest BCUT2D eigenvalue weighted by Crippen LogP contribution is 2.21. The van der Waals surface area contributed by atoms with Crippen molar-refractivity contribution in [1.82, 2.24) is 0 Å². The number of hydrogen-bond acceptors (Lipinski definition) is 1. The van der Waals surface area contributed by atoms with Crippen LogP contribution in [0.5, 0.6) is 0 Å². The van der Waals surface area contributed by atoms with E-state index in [-0.39, 0.29) is 18.2 Å². The lowest BCUT2D eigenvalue weighted by molar-refractivity contribution is 0.628. The quantitative estimate of drug-likeness (QED) is 0.795. The number of hydrogen-bond donors (Lipinski definition) is 1. The van der Waals surface area contributed by atoms with Gasteiger partial charge in [0.25, 0.3) is 0 Å². The Morgan fingerprint density at radius 3 is 2.55 bits per heavy atom. The first-order valence-corrected chi connectivity index (χ1v) is 3.66. The molecule has 62 valence electrons. The standard InChI is InChI=1S/C7H7BrFN.ClH/c1-10-7-4-5(9)2-3-6(7)8;/h2-4,10H,1H3;1H. The van der Waals surface area contributed by atoms with Crippen LogP contribution < -0.4 is 5.32 Å². The fraction of sp³-hybridized carbons (Fsp3) is 0.143. The van der Waals surface area contributed by atoms with E-state index >= 15 is 0 Å². The van der Waals surface area contributed by atoms with Crippen LogP contribution >= 0.6 is 28.3 Å². The van der Waals surface area contributed by atoms with Gasteiger partial charge in [-0.15, -0.1) is 12.4 Å². The van der Waals surface area contributed by atoms with Gasteiger partial charge in [0.15, 0.2) is 0 Å². The predicted octanol–water partition coefficient (Wildman–Crippen LogP) is 3.05. The monoisotopic (exact) mass is 239 g/mol. The molecule has 0 spiro atoms. The van der Waals surface area contributed by atoms with Crippen LogP contribution in [0.4, 0.5) is 10.1 Å². The molecular weight excluding hydrogens is 232 g/mol. The molecule has 0 aliphatic rings. The summed E-state index contributed by atoms with van der Waals surface area (Å²) in [7, 11) is 1.75. The van der Waals surface area contributed by atoms with Crippen molar-refractivity contribution in [1.29, 1.82) is 0 Å². The summed E-state index contributed by atoms with van der Waals surface area (Å²) < 4.78 is 13.3. The van der Waals surface area contributed by atoms with Crippen molar-refractivity contribution in [3.63, 3.8) is 0 Å². The van der Waals surface area contributed by atoms with E-state index in [4.69, 9.17) is 0 Å². The van der Waals surface area contributed by atoms with Gasteiger partial charge in [-0.25, -0.2) is 4.39 Å². The Morgan fingerprint density at radius 2 is 2.09 bits per heavy atom. The molecule has 0 aliphatic carbocycles. The molecule has 1 nitrogen and oxygen atoms in total. The van der Waals surface area contributed by atoms with Crippen LogP contribution in [0, 0.1) is 5.82 Å². The highest BCUT2D eigenvalue weighted by molar-refractivity contribution is 9.10. The average molecular weight is 241 g/mol. The van der Waals surface area contributed by atoms with Gasteiger partial charge in [0.05, 0.1) is 5.69 Å². The minimum Gasteiger partial charge on any atom is -0.387 e. The zero-order valence-corrected chi connectivity index (χ0v) is 8.30. The van der Waals surface area contributed by atoms with E-state index in [1.54, 1.807) is 13.1 Å². The lowest BCUT2D eigenvalue weighted by Crippen LogP contribution is -1.89. The fourth-order valence-corrected chi connectivity index (χ4v) is 1.13. The van der Waals surface area contributed by atoms with Crippen LogP contribution in [0.15, 0.2) is 22.7 Å². The molecule has 1 rings (SSSR count). The van der Waals surface area contributed by atoms with Crippen LogP contribution in [0.3, 0.4) is 0 Å². The van der Waals surface area contributed by atoms with Gasteiger partial charge in [-0.2, -0.15) is 0 Å². The van der Waals surface area contributed by atoms with Crippen molar-refractivity contribution in [3.8, 4) is 0 Å². The van der Waals surface area contributed by atoms with Crippen molar-refractivity contribution in [2.75, 3.05) is 12.4 Å². The zero-order chi connectivity index (χ0) is 7.56. The molecular formula is C7H8BrClFN. The summed E-state index contributed by atoms with van der Waals surface area (Å²) in [6.07, 6.45) is 0. The van der Waals surface area contributed by atoms with E-state index in [1.165, 1.54) is 12.1 Å². The largest absolute Gasteiger partial charge is 0.387 e. The molecule has 0 aromatic heterocycles. The molecule has 0 unspecified atom stereocenters. The Labute approximate surface area is 79.5 Å². The maximum atomic E-state index is 12.5. The van der Waals surface area contributed by atoms with E-state index in [1.807, 2.05) is 0 Å². The summed E-state index contributed by atoms with van der Waals surface area (Å²) in [4.78, 5) is 0. The normalized spacial score (nSPS) is 8.64. The van der Waals surface area contributed by atoms with E-state index in [0.717, 1.165) is 10.2 Å². The van der Waals surface area contributed by atoms with Crippen molar-refractivity contribution < 1.29 is 4.39 Å². The third-order valence-corrected chi connectivity index (χ3v) is 1.89. The van der Waals surface area contributed by atoms with Crippen molar-refractivity contribution >= 4 is 34.0 Å². The topological polar surface area (TPSA) is 12.0 Å². The second-order valence-electron chi connectivity index (χ2n) is 1.87. The Bertz CT molecular complexity index is 242. The Kier molecular flexibility index (Phi) is 4.45. The minimum atomic E-state index is -0.229. The van der Waals surface area contributed by atoms with Gasteiger partial charge < -0.3 is 5.32 Å². The fourth-order valence-electron chi connectivity index (χ4n) is 0.689. The second kappa shape index (κ2) is 4.57. The first-order valence-electron chi connectivity index (χ1n) is 2.87. The molecule has 1 aromatic carbocycles. The summed E-state index contributed by atoms with van der Waals surface area (Å²) in [6.45, 7) is 0. The molecule has 0 heterocycles. The van der Waals surface area contributed by atoms with Gasteiger partial charge >= 0.3 is 0 Å². The first-order chi connectivity index (χ1) is 4.74. The molecule has 11 heavy (non-hydrogen) atoms. The summed E-state index contributed by atoms with van der Waals surface area (Å²) in [5.41, 5.74) is 0.764. The van der Waals surface area contributed by atoms with Crippen molar-refractivity contribution in [3.05, 3.63) is 28.5 Å². The smallest absolute Gasteiger partial charge is 0.125 e. The van der Waals surface area contributed by atoms with Crippen LogP contribution in [0.1, 0.15) is 0 Å². The van der Waals surface area contributed by atoms with Gasteiger partial charge in [0.1, 0.15) is 5.82 Å². The third kappa shape index (κ3) is 2.67. The number of benzene rings is 1. The van der Waals surface area contributed by atoms with Crippen molar-refractivity contribution in [2.45, 2.75) is 0 Å². The second-order valence-corrected chi connectivity index (χ2v) is 2.73. The lowest BCUT2D eigenvalue weighted by Gasteiger charge is -2.01. The molecule has 4 heteroatoms. The summed E-state index contributed by atoms with van der Waals surface area (Å²) in [5.74, 6) is -0.229. The molecule has 1 aromatic rings. The van der Waals surface area contributed by atoms with Crippen LogP contribution in [-0.2, 0) is 0 Å². The Morgan fingerprint density at radius 1 is 1.45 bits per heavy atom. The van der Waals surface area contributed by atoms with Crippen LogP contribution in [0.2, 0.25) is 0 Å². The first kappa shape index (κ1) is 10.7. The van der Waals surface area contributed by atoms with Gasteiger partial charge in [-0.1, -0.05) is 0 Å². The highest BCUT2D eigenvalue weighted by atomic mass is 79.9. The van der Waals surface area contributed by atoms with Gasteiger partial charge in [-0.05, 0) is 34.1 Å². The number of nitrogens with one attached hydrogen (secondary N) is 1. The maximum absolute atomic E-state index is 12.5. The molecule has 0 bridgehead atoms. The zero-order valence-electron chi connectivity index (χ0n) is 5.90. The molecule has 0 amide bonds. The predicted molar refractivity (Wildman–Crippen MR) is 50.9 cm³/mol. The van der Waals surface area contributed by atoms with Crippen LogP contribution in [0.25, 0.3) is 0 Å². The highest BCUT2D eigenvalue weighted by Gasteiger charge is 1.96. The molecule has 0 aliphatic heterocycles. The molecule has 0 atom stereocenters. The van der Waals surface area contributed by atoms with Gasteiger partial charge in [0, 0.05) is 11.5 Å². The van der Waals surface area contributed by atoms with Gasteiger partial charge in [-0.3, -0.25) is 0 Å². The minimum absolute atomic E-state index is 0. The van der Waals surface area contributed by atoms with Gasteiger partial charge in [0.2, 0.25) is 0 Å². The molecule has 0 radical (unpaired) electrons. The Hall–Kier alpha value is -0.280. The van der Waals surface area contributed by atoms with Crippen LogP contribution in [-0.4, -0.2) is 7.05 Å². The van der Waals surface area contributed by atoms with E-state index in [9.17, 15) is 4.39 Å². The Balaban J connectivity index is 0.000001000. The van der Waals surface area contributed by atoms with E-state index in [0.29, 0.717) is 0 Å². The maximum Gasteiger partial charge on any atom is 0.125 e. The molecule has 1 N–H and O–H groups in total. The van der Waals surface area contributed by atoms with E-state index < -0.39 is 0 Å². The van der Waals surface area contributed by atoms with Crippen molar-refractivity contribution in [2.24, 2.45) is 0 Å². The SMILES string of the molecule is CNc1cc(F)ccc1Br.Cl. The number of halogens is 3. The summed E-state index contributed by atoms with van der Waals surface area (Å²) in [6, 6.07) is 4.51. The number of anilines is 1. The summed E-state index contributed by atoms with van der Waals surface area (Å²) in [5, 5.41) is 2.85. The summed E-state index contributed by atoms with van der Waals surface area (Å²) >= 11 is 3.26.